The van der Waals surface area contributed by atoms with Gasteiger partial charge in [0, 0.05) is 24.5 Å². The van der Waals surface area contributed by atoms with Crippen molar-refractivity contribution in [1.82, 2.24) is 0 Å². The van der Waals surface area contributed by atoms with Crippen LogP contribution >= 0.6 is 0 Å². The van der Waals surface area contributed by atoms with E-state index in [0.717, 1.165) is 24.3 Å². The molecule has 1 amide bonds. The average molecular weight is 352 g/mol. The molecule has 0 bridgehead atoms. The number of carbonyl (C=O) groups is 1. The highest BCUT2D eigenvalue weighted by Crippen LogP contribution is 2.22. The molecule has 0 spiro atoms. The lowest BCUT2D eigenvalue weighted by molar-refractivity contribution is -0.122. The predicted molar refractivity (Wildman–Crippen MR) is 107 cm³/mol. The Bertz CT molecular complexity index is 719. The second-order valence-corrected chi connectivity index (χ2v) is 7.01. The van der Waals surface area contributed by atoms with Crippen molar-refractivity contribution in [3.8, 4) is 5.75 Å². The van der Waals surface area contributed by atoms with Crippen LogP contribution in [0.5, 0.6) is 5.75 Å². The van der Waals surface area contributed by atoms with Gasteiger partial charge in [-0.1, -0.05) is 25.0 Å². The third-order valence-electron chi connectivity index (χ3n) is 4.78. The summed E-state index contributed by atoms with van der Waals surface area (Å²) in [6.45, 7) is 6.01. The Morgan fingerprint density at radius 3 is 2.38 bits per heavy atom. The van der Waals surface area contributed by atoms with E-state index in [1.807, 2.05) is 43.3 Å². The third-order valence-corrected chi connectivity index (χ3v) is 4.78. The fraction of sp³-hybridized carbons (Fsp3) is 0.409. The average Bonchev–Trinajstić information content (AvgIpc) is 2.92. The van der Waals surface area contributed by atoms with Crippen molar-refractivity contribution in [3.63, 3.8) is 0 Å². The van der Waals surface area contributed by atoms with Gasteiger partial charge >= 0.3 is 0 Å². The van der Waals surface area contributed by atoms with Crippen LogP contribution in [0.25, 0.3) is 0 Å². The molecule has 0 radical (unpaired) electrons. The van der Waals surface area contributed by atoms with Gasteiger partial charge in [0.25, 0.3) is 5.91 Å². The quantitative estimate of drug-likeness (QED) is 0.842. The Labute approximate surface area is 156 Å². The van der Waals surface area contributed by atoms with Crippen molar-refractivity contribution < 1.29 is 9.53 Å². The van der Waals surface area contributed by atoms with Crippen LogP contribution in [0.2, 0.25) is 0 Å². The Balaban J connectivity index is 1.56. The molecule has 1 aliphatic heterocycles. The number of hydrogen-bond acceptors (Lipinski definition) is 3. The minimum atomic E-state index is -0.554. The van der Waals surface area contributed by atoms with Gasteiger partial charge in [0.15, 0.2) is 6.10 Å². The largest absolute Gasteiger partial charge is 0.481 e. The molecule has 1 atom stereocenters. The smallest absolute Gasteiger partial charge is 0.265 e. The van der Waals surface area contributed by atoms with Gasteiger partial charge in [-0.2, -0.15) is 0 Å². The predicted octanol–water partition coefficient (Wildman–Crippen LogP) is 4.78. The fourth-order valence-corrected chi connectivity index (χ4v) is 3.27. The number of nitrogens with zero attached hydrogens (tertiary/aromatic N) is 1. The van der Waals surface area contributed by atoms with E-state index in [1.54, 1.807) is 6.92 Å². The lowest BCUT2D eigenvalue weighted by atomic mass is 10.2. The Kier molecular flexibility index (Phi) is 6.16. The van der Waals surface area contributed by atoms with Gasteiger partial charge in [-0.05, 0) is 68.7 Å². The summed E-state index contributed by atoms with van der Waals surface area (Å²) < 4.78 is 5.74. The Morgan fingerprint density at radius 1 is 1.04 bits per heavy atom. The molecule has 4 nitrogen and oxygen atoms in total. The first-order chi connectivity index (χ1) is 12.6. The summed E-state index contributed by atoms with van der Waals surface area (Å²) in [5, 5.41) is 2.94. The van der Waals surface area contributed by atoms with E-state index in [-0.39, 0.29) is 5.91 Å². The molecule has 0 saturated carbocycles. The van der Waals surface area contributed by atoms with E-state index in [2.05, 4.69) is 22.3 Å². The number of amides is 1. The molecular formula is C22H28N2O2. The number of rotatable bonds is 5. The van der Waals surface area contributed by atoms with Crippen LogP contribution in [0.4, 0.5) is 11.4 Å². The minimum Gasteiger partial charge on any atom is -0.481 e. The molecule has 0 unspecified atom stereocenters. The van der Waals surface area contributed by atoms with Crippen LogP contribution in [0.3, 0.4) is 0 Å². The monoisotopic (exact) mass is 352 g/mol. The maximum Gasteiger partial charge on any atom is 0.265 e. The standard InChI is InChI=1S/C22H28N2O2/c1-17-8-7-9-21(16-17)26-18(2)22(25)23-19-10-12-20(13-11-19)24-14-5-3-4-6-15-24/h7-13,16,18H,3-6,14-15H2,1-2H3,(H,23,25)/t18-/m0/s1. The molecule has 1 aliphatic rings. The van der Waals surface area contributed by atoms with E-state index in [1.165, 1.54) is 31.4 Å². The van der Waals surface area contributed by atoms with Crippen molar-refractivity contribution >= 4 is 17.3 Å². The SMILES string of the molecule is Cc1cccc(O[C@@H](C)C(=O)Nc2ccc(N3CCCCCC3)cc2)c1. The van der Waals surface area contributed by atoms with Crippen LogP contribution in [0.15, 0.2) is 48.5 Å². The zero-order valence-electron chi connectivity index (χ0n) is 15.7. The Morgan fingerprint density at radius 2 is 1.73 bits per heavy atom. The molecule has 26 heavy (non-hydrogen) atoms. The minimum absolute atomic E-state index is 0.144. The van der Waals surface area contributed by atoms with Gasteiger partial charge in [-0.25, -0.2) is 0 Å². The molecule has 138 valence electrons. The first-order valence-corrected chi connectivity index (χ1v) is 9.51. The normalized spacial score (nSPS) is 15.8. The van der Waals surface area contributed by atoms with Crippen LogP contribution in [0.1, 0.15) is 38.2 Å². The summed E-state index contributed by atoms with van der Waals surface area (Å²) in [6.07, 6.45) is 4.60. The van der Waals surface area contributed by atoms with Crippen molar-refractivity contribution in [2.24, 2.45) is 0 Å². The fourth-order valence-electron chi connectivity index (χ4n) is 3.27. The van der Waals surface area contributed by atoms with E-state index >= 15 is 0 Å². The number of anilines is 2. The molecule has 1 heterocycles. The van der Waals surface area contributed by atoms with Crippen LogP contribution < -0.4 is 15.0 Å². The maximum atomic E-state index is 12.4. The first-order valence-electron chi connectivity index (χ1n) is 9.51. The molecule has 2 aromatic rings. The topological polar surface area (TPSA) is 41.6 Å². The van der Waals surface area contributed by atoms with Gasteiger partial charge in [0.1, 0.15) is 5.75 Å². The van der Waals surface area contributed by atoms with Crippen LogP contribution in [-0.4, -0.2) is 25.1 Å². The molecular weight excluding hydrogens is 324 g/mol. The van der Waals surface area contributed by atoms with Crippen LogP contribution in [0, 0.1) is 6.92 Å². The van der Waals surface area contributed by atoms with E-state index in [9.17, 15) is 4.79 Å². The Hall–Kier alpha value is -2.49. The summed E-state index contributed by atoms with van der Waals surface area (Å²) >= 11 is 0. The van der Waals surface area contributed by atoms with E-state index in [0.29, 0.717) is 5.75 Å². The van der Waals surface area contributed by atoms with Gasteiger partial charge < -0.3 is 15.0 Å². The summed E-state index contributed by atoms with van der Waals surface area (Å²) in [5.74, 6) is 0.568. The maximum absolute atomic E-state index is 12.4. The first kappa shape index (κ1) is 18.3. The molecule has 3 rings (SSSR count). The number of benzene rings is 2. The van der Waals surface area contributed by atoms with Crippen molar-refractivity contribution in [2.45, 2.75) is 45.6 Å². The summed E-state index contributed by atoms with van der Waals surface area (Å²) in [5.41, 5.74) is 3.14. The zero-order chi connectivity index (χ0) is 18.4. The second kappa shape index (κ2) is 8.75. The van der Waals surface area contributed by atoms with Crippen molar-refractivity contribution in [2.75, 3.05) is 23.3 Å². The third kappa shape index (κ3) is 5.01. The van der Waals surface area contributed by atoms with Gasteiger partial charge in [-0.3, -0.25) is 4.79 Å². The number of hydrogen-bond donors (Lipinski definition) is 1. The van der Waals surface area contributed by atoms with Gasteiger partial charge in [-0.15, -0.1) is 0 Å². The van der Waals surface area contributed by atoms with E-state index in [4.69, 9.17) is 4.74 Å². The highest BCUT2D eigenvalue weighted by atomic mass is 16.5. The zero-order valence-corrected chi connectivity index (χ0v) is 15.7. The lowest BCUT2D eigenvalue weighted by Gasteiger charge is -2.23. The molecule has 1 N–H and O–H groups in total. The molecule has 1 fully saturated rings. The summed E-state index contributed by atoms with van der Waals surface area (Å²) in [7, 11) is 0. The molecule has 2 aromatic carbocycles. The summed E-state index contributed by atoms with van der Waals surface area (Å²) in [4.78, 5) is 14.8. The number of aryl methyl sites for hydroxylation is 1. The van der Waals surface area contributed by atoms with Crippen molar-refractivity contribution in [3.05, 3.63) is 54.1 Å². The summed E-state index contributed by atoms with van der Waals surface area (Å²) in [6, 6.07) is 15.8. The highest BCUT2D eigenvalue weighted by Gasteiger charge is 2.15. The molecule has 0 aromatic heterocycles. The molecule has 1 saturated heterocycles. The highest BCUT2D eigenvalue weighted by molar-refractivity contribution is 5.94. The number of carbonyl (C=O) groups excluding carboxylic acids is 1. The number of nitrogens with one attached hydrogen (secondary N) is 1. The number of ether oxygens (including phenoxy) is 1. The second-order valence-electron chi connectivity index (χ2n) is 7.01. The molecule has 0 aliphatic carbocycles. The van der Waals surface area contributed by atoms with E-state index < -0.39 is 6.10 Å². The van der Waals surface area contributed by atoms with Gasteiger partial charge in [0.2, 0.25) is 0 Å². The van der Waals surface area contributed by atoms with Gasteiger partial charge in [0.05, 0.1) is 0 Å². The lowest BCUT2D eigenvalue weighted by Crippen LogP contribution is -2.30. The van der Waals surface area contributed by atoms with Crippen molar-refractivity contribution in [1.29, 1.82) is 0 Å². The molecule has 4 heteroatoms. The van der Waals surface area contributed by atoms with Crippen LogP contribution in [-0.2, 0) is 4.79 Å².